The van der Waals surface area contributed by atoms with E-state index in [0.29, 0.717) is 12.5 Å². The highest BCUT2D eigenvalue weighted by molar-refractivity contribution is 5.85. The van der Waals surface area contributed by atoms with Gasteiger partial charge >= 0.3 is 0 Å². The van der Waals surface area contributed by atoms with Crippen molar-refractivity contribution in [3.8, 4) is 0 Å². The number of rotatable bonds is 5. The van der Waals surface area contributed by atoms with Crippen molar-refractivity contribution in [2.45, 2.75) is 64.8 Å². The van der Waals surface area contributed by atoms with E-state index < -0.39 is 0 Å². The van der Waals surface area contributed by atoms with E-state index in [0.717, 1.165) is 31.2 Å². The quantitative estimate of drug-likeness (QED) is 0.840. The molecule has 1 atom stereocenters. The molecular formula is C19H31ClN2O. The highest BCUT2D eigenvalue weighted by Gasteiger charge is 2.34. The predicted octanol–water partition coefficient (Wildman–Crippen LogP) is 4.32. The van der Waals surface area contributed by atoms with Gasteiger partial charge in [0.1, 0.15) is 0 Å². The Morgan fingerprint density at radius 2 is 1.65 bits per heavy atom. The van der Waals surface area contributed by atoms with E-state index in [9.17, 15) is 4.79 Å². The van der Waals surface area contributed by atoms with Crippen LogP contribution in [0.5, 0.6) is 0 Å². The highest BCUT2D eigenvalue weighted by atomic mass is 35.5. The van der Waals surface area contributed by atoms with Gasteiger partial charge in [-0.2, -0.15) is 0 Å². The Morgan fingerprint density at radius 1 is 1.13 bits per heavy atom. The molecule has 0 aliphatic heterocycles. The molecule has 0 saturated heterocycles. The van der Waals surface area contributed by atoms with Gasteiger partial charge in [-0.25, -0.2) is 0 Å². The summed E-state index contributed by atoms with van der Waals surface area (Å²) in [6.45, 7) is 6.96. The Morgan fingerprint density at radius 3 is 2.17 bits per heavy atom. The standard InChI is InChI=1S/C19H30N2O.ClH/c1-14(2)15-7-9-16(10-8-15)17(20)13-21-18(22)19(3)11-5-4-6-12-19;/h7-10,14,17H,4-6,11-13,20H2,1-3H3,(H,21,22);1H/t17-;/m0./s1. The molecule has 23 heavy (non-hydrogen) atoms. The minimum Gasteiger partial charge on any atom is -0.354 e. The SMILES string of the molecule is CC(C)c1ccc([C@@H](N)CNC(=O)C2(C)CCCCC2)cc1.Cl. The average molecular weight is 339 g/mol. The number of carbonyl (C=O) groups is 1. The van der Waals surface area contributed by atoms with Gasteiger partial charge in [-0.15, -0.1) is 12.4 Å². The van der Waals surface area contributed by atoms with Gasteiger partial charge in [0.2, 0.25) is 5.91 Å². The Bertz CT molecular complexity index is 493. The van der Waals surface area contributed by atoms with Gasteiger partial charge < -0.3 is 11.1 Å². The summed E-state index contributed by atoms with van der Waals surface area (Å²) in [6, 6.07) is 8.27. The van der Waals surface area contributed by atoms with Crippen LogP contribution in [0.1, 0.15) is 76.0 Å². The van der Waals surface area contributed by atoms with Crippen LogP contribution in [0.25, 0.3) is 0 Å². The summed E-state index contributed by atoms with van der Waals surface area (Å²) in [6.07, 6.45) is 5.57. The maximum atomic E-state index is 12.4. The monoisotopic (exact) mass is 338 g/mol. The van der Waals surface area contributed by atoms with Gasteiger partial charge in [-0.3, -0.25) is 4.79 Å². The van der Waals surface area contributed by atoms with Crippen LogP contribution in [0.2, 0.25) is 0 Å². The third-order valence-electron chi connectivity index (χ3n) is 5.02. The number of hydrogen-bond acceptors (Lipinski definition) is 2. The van der Waals surface area contributed by atoms with Crippen molar-refractivity contribution >= 4 is 18.3 Å². The molecule has 0 spiro atoms. The first kappa shape index (κ1) is 20.0. The number of amides is 1. The maximum absolute atomic E-state index is 12.4. The Balaban J connectivity index is 0.00000264. The molecule has 1 aromatic rings. The topological polar surface area (TPSA) is 55.1 Å². The third-order valence-corrected chi connectivity index (χ3v) is 5.02. The van der Waals surface area contributed by atoms with Crippen LogP contribution < -0.4 is 11.1 Å². The molecule has 3 N–H and O–H groups in total. The van der Waals surface area contributed by atoms with Crippen molar-refractivity contribution in [1.29, 1.82) is 0 Å². The summed E-state index contributed by atoms with van der Waals surface area (Å²) in [4.78, 5) is 12.4. The largest absolute Gasteiger partial charge is 0.354 e. The zero-order valence-corrected chi connectivity index (χ0v) is 15.4. The van der Waals surface area contributed by atoms with Crippen molar-refractivity contribution in [1.82, 2.24) is 5.32 Å². The van der Waals surface area contributed by atoms with Crippen LogP contribution in [0.4, 0.5) is 0 Å². The molecule has 2 rings (SSSR count). The smallest absolute Gasteiger partial charge is 0.226 e. The van der Waals surface area contributed by atoms with Gasteiger partial charge in [-0.1, -0.05) is 64.3 Å². The zero-order valence-electron chi connectivity index (χ0n) is 14.6. The number of halogens is 1. The molecule has 0 radical (unpaired) electrons. The number of nitrogens with two attached hydrogens (primary N) is 1. The molecule has 130 valence electrons. The van der Waals surface area contributed by atoms with E-state index in [1.165, 1.54) is 12.0 Å². The summed E-state index contributed by atoms with van der Waals surface area (Å²) in [5.74, 6) is 0.692. The predicted molar refractivity (Wildman–Crippen MR) is 98.9 cm³/mol. The van der Waals surface area contributed by atoms with Crippen LogP contribution in [0, 0.1) is 5.41 Å². The van der Waals surface area contributed by atoms with Crippen molar-refractivity contribution in [2.24, 2.45) is 11.1 Å². The van der Waals surface area contributed by atoms with Gasteiger partial charge in [0, 0.05) is 18.0 Å². The van der Waals surface area contributed by atoms with Crippen LogP contribution in [0.3, 0.4) is 0 Å². The first-order chi connectivity index (χ1) is 10.4. The third kappa shape index (κ3) is 5.22. The van der Waals surface area contributed by atoms with Gasteiger partial charge in [0.25, 0.3) is 0 Å². The Kier molecular flexibility index (Phi) is 7.56. The molecule has 3 nitrogen and oxygen atoms in total. The Labute approximate surface area is 146 Å². The molecule has 1 amide bonds. The molecule has 1 fully saturated rings. The zero-order chi connectivity index (χ0) is 16.2. The first-order valence-electron chi connectivity index (χ1n) is 8.56. The van der Waals surface area contributed by atoms with E-state index >= 15 is 0 Å². The number of carbonyl (C=O) groups excluding carboxylic acids is 1. The second-order valence-corrected chi connectivity index (χ2v) is 7.26. The molecule has 0 heterocycles. The lowest BCUT2D eigenvalue weighted by Gasteiger charge is -2.32. The maximum Gasteiger partial charge on any atom is 0.226 e. The normalized spacial score (nSPS) is 18.1. The first-order valence-corrected chi connectivity index (χ1v) is 8.56. The molecule has 1 aliphatic carbocycles. The Hall–Kier alpha value is -1.06. The fourth-order valence-corrected chi connectivity index (χ4v) is 3.22. The van der Waals surface area contributed by atoms with E-state index in [1.54, 1.807) is 0 Å². The lowest BCUT2D eigenvalue weighted by Crippen LogP contribution is -2.42. The lowest BCUT2D eigenvalue weighted by molar-refractivity contribution is -0.131. The second kappa shape index (κ2) is 8.70. The van der Waals surface area contributed by atoms with Gasteiger partial charge in [0.05, 0.1) is 0 Å². The van der Waals surface area contributed by atoms with E-state index in [2.05, 4.69) is 50.4 Å². The minimum absolute atomic E-state index is 0. The molecule has 1 saturated carbocycles. The summed E-state index contributed by atoms with van der Waals surface area (Å²) in [5.41, 5.74) is 8.43. The molecule has 0 unspecified atom stereocenters. The summed E-state index contributed by atoms with van der Waals surface area (Å²) in [5, 5.41) is 3.06. The number of hydrogen-bond donors (Lipinski definition) is 2. The lowest BCUT2D eigenvalue weighted by atomic mass is 9.75. The van der Waals surface area contributed by atoms with Crippen LogP contribution in [-0.2, 0) is 4.79 Å². The number of nitrogens with one attached hydrogen (secondary N) is 1. The van der Waals surface area contributed by atoms with Crippen molar-refractivity contribution in [3.63, 3.8) is 0 Å². The van der Waals surface area contributed by atoms with Crippen molar-refractivity contribution in [3.05, 3.63) is 35.4 Å². The van der Waals surface area contributed by atoms with Crippen LogP contribution in [0.15, 0.2) is 24.3 Å². The minimum atomic E-state index is -0.195. The van der Waals surface area contributed by atoms with E-state index in [-0.39, 0.29) is 29.8 Å². The van der Waals surface area contributed by atoms with Crippen molar-refractivity contribution < 1.29 is 4.79 Å². The molecule has 0 aromatic heterocycles. The van der Waals surface area contributed by atoms with Crippen molar-refractivity contribution in [2.75, 3.05) is 6.54 Å². The van der Waals surface area contributed by atoms with E-state index in [4.69, 9.17) is 5.73 Å². The van der Waals surface area contributed by atoms with E-state index in [1.807, 2.05) is 0 Å². The van der Waals surface area contributed by atoms with Crippen LogP contribution >= 0.6 is 12.4 Å². The summed E-state index contributed by atoms with van der Waals surface area (Å²) in [7, 11) is 0. The molecule has 0 bridgehead atoms. The summed E-state index contributed by atoms with van der Waals surface area (Å²) >= 11 is 0. The fraction of sp³-hybridized carbons (Fsp3) is 0.632. The molecule has 1 aromatic carbocycles. The van der Waals surface area contributed by atoms with Gasteiger partial charge in [0.15, 0.2) is 0 Å². The van der Waals surface area contributed by atoms with Gasteiger partial charge in [-0.05, 0) is 29.9 Å². The summed E-state index contributed by atoms with van der Waals surface area (Å²) < 4.78 is 0. The second-order valence-electron chi connectivity index (χ2n) is 7.26. The fourth-order valence-electron chi connectivity index (χ4n) is 3.22. The number of benzene rings is 1. The molecular weight excluding hydrogens is 308 g/mol. The molecule has 4 heteroatoms. The average Bonchev–Trinajstić information content (AvgIpc) is 2.53. The highest BCUT2D eigenvalue weighted by Crippen LogP contribution is 2.35. The van der Waals surface area contributed by atoms with Crippen LogP contribution in [-0.4, -0.2) is 12.5 Å². The molecule has 1 aliphatic rings.